The van der Waals surface area contributed by atoms with Crippen LogP contribution >= 0.6 is 0 Å². The van der Waals surface area contributed by atoms with Gasteiger partial charge in [-0.05, 0) is 42.0 Å². The molecule has 0 saturated carbocycles. The van der Waals surface area contributed by atoms with Crippen LogP contribution in [0.3, 0.4) is 0 Å². The lowest BCUT2D eigenvalue weighted by molar-refractivity contribution is -0.142. The number of carbonyl (C=O) groups is 2. The van der Waals surface area contributed by atoms with Crippen molar-refractivity contribution in [2.75, 3.05) is 27.2 Å². The monoisotopic (exact) mass is 429 g/mol. The fourth-order valence-electron chi connectivity index (χ4n) is 4.53. The number of nitrogens with zero attached hydrogens (tertiary/aromatic N) is 5. The highest BCUT2D eigenvalue weighted by atomic mass is 16.2. The van der Waals surface area contributed by atoms with Crippen LogP contribution < -0.4 is 0 Å². The second-order valence-electron chi connectivity index (χ2n) is 8.52. The number of hydrogen-bond acceptors (Lipinski definition) is 5. The first kappa shape index (κ1) is 21.6. The Labute approximate surface area is 188 Å². The molecular weight excluding hydrogens is 402 g/mol. The summed E-state index contributed by atoms with van der Waals surface area (Å²) in [4.78, 5) is 42.3. The maximum absolute atomic E-state index is 13.4. The number of carbonyl (C=O) groups excluding carboxylic acids is 2. The van der Waals surface area contributed by atoms with E-state index in [1.807, 2.05) is 36.5 Å². The van der Waals surface area contributed by atoms with E-state index in [1.165, 1.54) is 12.4 Å². The molecule has 0 N–H and O–H groups in total. The first-order valence-corrected chi connectivity index (χ1v) is 10.7. The van der Waals surface area contributed by atoms with Gasteiger partial charge in [0, 0.05) is 52.0 Å². The predicted octanol–water partition coefficient (Wildman–Crippen LogP) is 3.09. The summed E-state index contributed by atoms with van der Waals surface area (Å²) in [6, 6.07) is 12.2. The Morgan fingerprint density at radius 3 is 2.56 bits per heavy atom. The Kier molecular flexibility index (Phi) is 6.25. The zero-order chi connectivity index (χ0) is 22.6. The minimum atomic E-state index is -0.687. The standard InChI is InChI=1S/C25H27N5O2/c1-29(2)24(32)25(9-5-13-30(18-25)23(31)22-17-27-11-12-28-22)15-19-6-3-7-20(14-19)21-8-4-10-26-16-21/h3-4,6-8,10-12,14,16-17H,5,9,13,15,18H2,1-2H3/t25-/m0/s1. The molecule has 7 nitrogen and oxygen atoms in total. The molecule has 1 atom stereocenters. The van der Waals surface area contributed by atoms with Gasteiger partial charge in [0.05, 0.1) is 11.6 Å². The highest BCUT2D eigenvalue weighted by Crippen LogP contribution is 2.36. The van der Waals surface area contributed by atoms with Gasteiger partial charge in [0.2, 0.25) is 5.91 Å². The van der Waals surface area contributed by atoms with Gasteiger partial charge in [-0.25, -0.2) is 4.98 Å². The first-order valence-electron chi connectivity index (χ1n) is 10.7. The van der Waals surface area contributed by atoms with Gasteiger partial charge in [-0.2, -0.15) is 0 Å². The lowest BCUT2D eigenvalue weighted by Gasteiger charge is -2.43. The minimum absolute atomic E-state index is 0.0425. The normalized spacial score (nSPS) is 18.2. The first-order chi connectivity index (χ1) is 15.5. The van der Waals surface area contributed by atoms with E-state index in [4.69, 9.17) is 0 Å². The third kappa shape index (κ3) is 4.51. The molecule has 7 heteroatoms. The molecule has 0 spiro atoms. The molecule has 0 bridgehead atoms. The second kappa shape index (κ2) is 9.26. The third-order valence-corrected chi connectivity index (χ3v) is 5.97. The van der Waals surface area contributed by atoms with Gasteiger partial charge in [-0.1, -0.05) is 30.3 Å². The topological polar surface area (TPSA) is 79.3 Å². The molecule has 2 amide bonds. The van der Waals surface area contributed by atoms with E-state index in [1.54, 1.807) is 36.3 Å². The lowest BCUT2D eigenvalue weighted by Crippen LogP contribution is -2.54. The molecule has 164 valence electrons. The van der Waals surface area contributed by atoms with Crippen LogP contribution in [0.15, 0.2) is 67.4 Å². The van der Waals surface area contributed by atoms with Crippen LogP contribution in [0.5, 0.6) is 0 Å². The van der Waals surface area contributed by atoms with Gasteiger partial charge in [0.15, 0.2) is 0 Å². The van der Waals surface area contributed by atoms with Crippen molar-refractivity contribution >= 4 is 11.8 Å². The zero-order valence-electron chi connectivity index (χ0n) is 18.4. The summed E-state index contributed by atoms with van der Waals surface area (Å²) in [5, 5.41) is 0. The van der Waals surface area contributed by atoms with Gasteiger partial charge >= 0.3 is 0 Å². The Bertz CT molecular complexity index is 1090. The molecule has 1 fully saturated rings. The number of rotatable bonds is 5. The van der Waals surface area contributed by atoms with Gasteiger partial charge in [0.1, 0.15) is 5.69 Å². The summed E-state index contributed by atoms with van der Waals surface area (Å²) < 4.78 is 0. The average molecular weight is 430 g/mol. The van der Waals surface area contributed by atoms with Crippen molar-refractivity contribution in [2.45, 2.75) is 19.3 Å². The van der Waals surface area contributed by atoms with Gasteiger partial charge < -0.3 is 9.80 Å². The minimum Gasteiger partial charge on any atom is -0.348 e. The van der Waals surface area contributed by atoms with Crippen LogP contribution in [0.25, 0.3) is 11.1 Å². The number of piperidine rings is 1. The maximum Gasteiger partial charge on any atom is 0.274 e. The number of benzene rings is 1. The summed E-state index contributed by atoms with van der Waals surface area (Å²) in [7, 11) is 3.55. The highest BCUT2D eigenvalue weighted by Gasteiger charge is 2.44. The van der Waals surface area contributed by atoms with Gasteiger partial charge in [-0.15, -0.1) is 0 Å². The lowest BCUT2D eigenvalue weighted by atomic mass is 9.73. The Morgan fingerprint density at radius 1 is 1.03 bits per heavy atom. The molecule has 32 heavy (non-hydrogen) atoms. The van der Waals surface area contributed by atoms with Gasteiger partial charge in [0.25, 0.3) is 5.91 Å². The number of amides is 2. The Hall–Kier alpha value is -3.61. The fraction of sp³-hybridized carbons (Fsp3) is 0.320. The van der Waals surface area contributed by atoms with Crippen molar-refractivity contribution in [3.05, 3.63) is 78.6 Å². The van der Waals surface area contributed by atoms with E-state index in [2.05, 4.69) is 21.0 Å². The van der Waals surface area contributed by atoms with Crippen molar-refractivity contribution in [2.24, 2.45) is 5.41 Å². The summed E-state index contributed by atoms with van der Waals surface area (Å²) in [5.74, 6) is -0.140. The van der Waals surface area contributed by atoms with Crippen molar-refractivity contribution in [3.8, 4) is 11.1 Å². The smallest absolute Gasteiger partial charge is 0.274 e. The largest absolute Gasteiger partial charge is 0.348 e. The summed E-state index contributed by atoms with van der Waals surface area (Å²) in [6.07, 6.45) is 10.2. The van der Waals surface area contributed by atoms with E-state index < -0.39 is 5.41 Å². The molecule has 0 aliphatic carbocycles. The average Bonchev–Trinajstić information content (AvgIpc) is 2.84. The quantitative estimate of drug-likeness (QED) is 0.623. The predicted molar refractivity (Wildman–Crippen MR) is 122 cm³/mol. The summed E-state index contributed by atoms with van der Waals surface area (Å²) in [6.45, 7) is 0.962. The third-order valence-electron chi connectivity index (χ3n) is 5.97. The number of aromatic nitrogens is 3. The Morgan fingerprint density at radius 2 is 1.84 bits per heavy atom. The summed E-state index contributed by atoms with van der Waals surface area (Å²) in [5.41, 5.74) is 2.78. The van der Waals surface area contributed by atoms with Crippen LogP contribution in [0, 0.1) is 5.41 Å². The molecule has 0 unspecified atom stereocenters. The number of hydrogen-bond donors (Lipinski definition) is 0. The van der Waals surface area contributed by atoms with E-state index >= 15 is 0 Å². The van der Waals surface area contributed by atoms with E-state index in [0.717, 1.165) is 29.5 Å². The molecule has 3 heterocycles. The van der Waals surface area contributed by atoms with Crippen molar-refractivity contribution < 1.29 is 9.59 Å². The Balaban J connectivity index is 1.64. The van der Waals surface area contributed by atoms with Crippen LogP contribution in [0.1, 0.15) is 28.9 Å². The molecule has 1 saturated heterocycles. The number of likely N-dealkylation sites (tertiary alicyclic amines) is 1. The van der Waals surface area contributed by atoms with Crippen LogP contribution in [0.2, 0.25) is 0 Å². The zero-order valence-corrected chi connectivity index (χ0v) is 18.4. The molecule has 4 rings (SSSR count). The molecule has 1 aromatic carbocycles. The molecule has 3 aromatic rings. The van der Waals surface area contributed by atoms with Gasteiger partial charge in [-0.3, -0.25) is 19.6 Å². The fourth-order valence-corrected chi connectivity index (χ4v) is 4.53. The van der Waals surface area contributed by atoms with Crippen LogP contribution in [-0.2, 0) is 11.2 Å². The maximum atomic E-state index is 13.4. The SMILES string of the molecule is CN(C)C(=O)[C@]1(Cc2cccc(-c3cccnc3)c2)CCCN(C(=O)c2cnccn2)C1. The molecule has 1 aliphatic heterocycles. The van der Waals surface area contributed by atoms with Crippen molar-refractivity contribution in [3.63, 3.8) is 0 Å². The van der Waals surface area contributed by atoms with Crippen LogP contribution in [-0.4, -0.2) is 63.8 Å². The van der Waals surface area contributed by atoms with Crippen LogP contribution in [0.4, 0.5) is 0 Å². The van der Waals surface area contributed by atoms with Crippen molar-refractivity contribution in [1.82, 2.24) is 24.8 Å². The van der Waals surface area contributed by atoms with E-state index in [0.29, 0.717) is 25.2 Å². The van der Waals surface area contributed by atoms with E-state index in [9.17, 15) is 9.59 Å². The second-order valence-corrected chi connectivity index (χ2v) is 8.52. The molecular formula is C25H27N5O2. The number of pyridine rings is 1. The molecule has 2 aromatic heterocycles. The van der Waals surface area contributed by atoms with E-state index in [-0.39, 0.29) is 11.8 Å². The highest BCUT2D eigenvalue weighted by molar-refractivity contribution is 5.93. The molecule has 0 radical (unpaired) electrons. The molecule has 1 aliphatic rings. The summed E-state index contributed by atoms with van der Waals surface area (Å²) >= 11 is 0. The van der Waals surface area contributed by atoms with Crippen molar-refractivity contribution in [1.29, 1.82) is 0 Å².